The Morgan fingerprint density at radius 3 is 2.03 bits per heavy atom. The maximum Gasteiger partial charge on any atom is 0.308 e. The highest BCUT2D eigenvalue weighted by Gasteiger charge is 2.20. The number of hydrazine groups is 1. The lowest BCUT2D eigenvalue weighted by molar-refractivity contribution is -0.146. The number of methoxy groups -OCH3 is 2. The monoisotopic (exact) mass is 451 g/mol. The van der Waals surface area contributed by atoms with Gasteiger partial charge in [0.25, 0.3) is 0 Å². The third-order valence-corrected chi connectivity index (χ3v) is 5.08. The van der Waals surface area contributed by atoms with E-state index < -0.39 is 0 Å². The first kappa shape index (κ1) is 32.1. The summed E-state index contributed by atoms with van der Waals surface area (Å²) in [6.45, 7) is 14.9. The molecule has 0 saturated heterocycles. The van der Waals surface area contributed by atoms with Gasteiger partial charge in [0.2, 0.25) is 0 Å². The van der Waals surface area contributed by atoms with Crippen molar-refractivity contribution < 1.29 is 14.3 Å². The molecule has 0 aliphatic heterocycles. The van der Waals surface area contributed by atoms with Crippen molar-refractivity contribution in [3.8, 4) is 0 Å². The van der Waals surface area contributed by atoms with Gasteiger partial charge in [-0.3, -0.25) is 4.79 Å². The van der Waals surface area contributed by atoms with Gasteiger partial charge in [0.15, 0.2) is 0 Å². The van der Waals surface area contributed by atoms with Gasteiger partial charge in [0.1, 0.15) is 5.76 Å². The SMILES string of the molecule is C=C(C)\C(=C/C=C(C)/C(NNC)=C(/CC)CNC)OC.CC.COC(=O)C1CCCCC1. The summed E-state index contributed by atoms with van der Waals surface area (Å²) in [4.78, 5) is 10.9. The molecule has 3 N–H and O–H groups in total. The smallest absolute Gasteiger partial charge is 0.308 e. The highest BCUT2D eigenvalue weighted by molar-refractivity contribution is 5.72. The maximum atomic E-state index is 10.9. The van der Waals surface area contributed by atoms with Gasteiger partial charge >= 0.3 is 5.97 Å². The summed E-state index contributed by atoms with van der Waals surface area (Å²) in [6, 6.07) is 0. The van der Waals surface area contributed by atoms with Crippen molar-refractivity contribution in [3.63, 3.8) is 0 Å². The van der Waals surface area contributed by atoms with Crippen LogP contribution in [0.4, 0.5) is 0 Å². The number of esters is 1. The van der Waals surface area contributed by atoms with Gasteiger partial charge in [-0.05, 0) is 63.0 Å². The van der Waals surface area contributed by atoms with Crippen LogP contribution in [0.1, 0.15) is 73.1 Å². The standard InChI is InChI=1S/C16H29N3O.C8H14O2.C2H6/c1-8-14(11-17-5)16(19-18-6)13(4)9-10-15(20-7)12(2)3;1-10-8(9)7-5-3-2-4-6-7;1-2/h9-10,17-19H,2,8,11H2,1,3-7H3;7H,2-6H2,1H3;1-2H3/b13-9+,15-10+,16-14+;;. The van der Waals surface area contributed by atoms with Crippen LogP contribution in [0.5, 0.6) is 0 Å². The molecule has 0 unspecified atom stereocenters. The number of hydrogen-bond acceptors (Lipinski definition) is 6. The number of nitrogens with one attached hydrogen (secondary N) is 3. The van der Waals surface area contributed by atoms with Crippen LogP contribution in [0, 0.1) is 5.92 Å². The molecule has 0 aromatic carbocycles. The van der Waals surface area contributed by atoms with Crippen LogP contribution in [0.15, 0.2) is 46.9 Å². The van der Waals surface area contributed by atoms with Gasteiger partial charge in [0.05, 0.1) is 25.8 Å². The van der Waals surface area contributed by atoms with Gasteiger partial charge in [-0.25, -0.2) is 5.43 Å². The molecule has 1 rings (SSSR count). The third-order valence-electron chi connectivity index (χ3n) is 5.08. The Balaban J connectivity index is 0. The quantitative estimate of drug-likeness (QED) is 0.178. The van der Waals surface area contributed by atoms with Crippen molar-refractivity contribution >= 4 is 5.97 Å². The number of carbonyl (C=O) groups excluding carboxylic acids is 1. The van der Waals surface area contributed by atoms with Crippen LogP contribution in [0.25, 0.3) is 0 Å². The molecule has 0 bridgehead atoms. The Morgan fingerprint density at radius 1 is 1.03 bits per heavy atom. The third kappa shape index (κ3) is 13.4. The zero-order valence-corrected chi connectivity index (χ0v) is 22.1. The predicted octanol–water partition coefficient (Wildman–Crippen LogP) is 5.41. The van der Waals surface area contributed by atoms with Crippen molar-refractivity contribution in [1.29, 1.82) is 0 Å². The molecule has 0 amide bonds. The number of ether oxygens (including phenoxy) is 2. The van der Waals surface area contributed by atoms with E-state index in [0.29, 0.717) is 0 Å². The first-order valence-electron chi connectivity index (χ1n) is 11.8. The van der Waals surface area contributed by atoms with E-state index in [1.165, 1.54) is 31.9 Å². The van der Waals surface area contributed by atoms with Gasteiger partial charge in [-0.15, -0.1) is 0 Å². The topological polar surface area (TPSA) is 71.6 Å². The fourth-order valence-electron chi connectivity index (χ4n) is 3.37. The first-order chi connectivity index (χ1) is 15.4. The fourth-order valence-corrected chi connectivity index (χ4v) is 3.37. The Bertz CT molecular complexity index is 616. The summed E-state index contributed by atoms with van der Waals surface area (Å²) in [6.07, 6.45) is 10.7. The fraction of sp³-hybridized carbons (Fsp3) is 0.654. The molecule has 6 heteroatoms. The minimum atomic E-state index is -0.0142. The average molecular weight is 452 g/mol. The summed E-state index contributed by atoms with van der Waals surface area (Å²) < 4.78 is 9.94. The lowest BCUT2D eigenvalue weighted by Crippen LogP contribution is -2.30. The van der Waals surface area contributed by atoms with E-state index in [-0.39, 0.29) is 11.9 Å². The van der Waals surface area contributed by atoms with Crippen LogP contribution in [-0.4, -0.2) is 40.8 Å². The summed E-state index contributed by atoms with van der Waals surface area (Å²) in [5.74, 6) is 0.985. The number of likely N-dealkylation sites (N-methyl/N-ethyl adjacent to an activating group) is 1. The Morgan fingerprint density at radius 2 is 1.62 bits per heavy atom. The van der Waals surface area contributed by atoms with Crippen LogP contribution in [0.2, 0.25) is 0 Å². The van der Waals surface area contributed by atoms with Gasteiger partial charge in [-0.2, -0.15) is 0 Å². The van der Waals surface area contributed by atoms with Crippen molar-refractivity contribution in [2.45, 2.75) is 73.1 Å². The molecule has 32 heavy (non-hydrogen) atoms. The van der Waals surface area contributed by atoms with E-state index in [9.17, 15) is 4.79 Å². The minimum absolute atomic E-state index is 0.0142. The zero-order chi connectivity index (χ0) is 24.9. The molecule has 1 aliphatic rings. The van der Waals surface area contributed by atoms with Crippen molar-refractivity contribution in [2.75, 3.05) is 34.9 Å². The lowest BCUT2D eigenvalue weighted by Gasteiger charge is -2.18. The minimum Gasteiger partial charge on any atom is -0.497 e. The second kappa shape index (κ2) is 20.8. The normalized spacial score (nSPS) is 15.3. The number of allylic oxidation sites excluding steroid dienone is 4. The van der Waals surface area contributed by atoms with Gasteiger partial charge in [0, 0.05) is 13.6 Å². The van der Waals surface area contributed by atoms with E-state index in [1.807, 2.05) is 47.0 Å². The number of hydrogen-bond donors (Lipinski definition) is 3. The number of rotatable bonds is 10. The molecule has 0 heterocycles. The van der Waals surface area contributed by atoms with E-state index in [1.54, 1.807) is 7.11 Å². The van der Waals surface area contributed by atoms with Crippen molar-refractivity contribution in [2.24, 2.45) is 5.92 Å². The first-order valence-corrected chi connectivity index (χ1v) is 11.8. The molecule has 1 saturated carbocycles. The summed E-state index contributed by atoms with van der Waals surface area (Å²) in [7, 11) is 6.95. The molecule has 0 atom stereocenters. The molecule has 0 radical (unpaired) electrons. The van der Waals surface area contributed by atoms with Crippen LogP contribution >= 0.6 is 0 Å². The van der Waals surface area contributed by atoms with Crippen LogP contribution in [0.3, 0.4) is 0 Å². The molecule has 1 fully saturated rings. The molecule has 0 spiro atoms. The summed E-state index contributed by atoms with van der Waals surface area (Å²) in [5.41, 5.74) is 10.7. The highest BCUT2D eigenvalue weighted by Crippen LogP contribution is 2.24. The molecule has 6 nitrogen and oxygen atoms in total. The predicted molar refractivity (Wildman–Crippen MR) is 137 cm³/mol. The highest BCUT2D eigenvalue weighted by atomic mass is 16.5. The van der Waals surface area contributed by atoms with E-state index >= 15 is 0 Å². The number of carbonyl (C=O) groups is 1. The molecule has 0 aromatic rings. The lowest BCUT2D eigenvalue weighted by atomic mass is 9.89. The Kier molecular flexibility index (Phi) is 20.9. The van der Waals surface area contributed by atoms with Crippen molar-refractivity contribution in [3.05, 3.63) is 46.9 Å². The summed E-state index contributed by atoms with van der Waals surface area (Å²) in [5, 5.41) is 3.20. The molecule has 0 aromatic heterocycles. The zero-order valence-electron chi connectivity index (χ0n) is 22.1. The van der Waals surface area contributed by atoms with E-state index in [4.69, 9.17) is 4.74 Å². The van der Waals surface area contributed by atoms with Crippen LogP contribution in [-0.2, 0) is 14.3 Å². The molecular weight excluding hydrogens is 402 g/mol. The maximum absolute atomic E-state index is 10.9. The second-order valence-electron chi connectivity index (χ2n) is 7.46. The largest absolute Gasteiger partial charge is 0.497 e. The molecule has 186 valence electrons. The van der Waals surface area contributed by atoms with Gasteiger partial charge < -0.3 is 20.2 Å². The Labute approximate surface area is 197 Å². The van der Waals surface area contributed by atoms with E-state index in [0.717, 1.165) is 48.4 Å². The Hall–Kier alpha value is -2.05. The van der Waals surface area contributed by atoms with Gasteiger partial charge in [-0.1, -0.05) is 52.7 Å². The summed E-state index contributed by atoms with van der Waals surface area (Å²) >= 11 is 0. The second-order valence-corrected chi connectivity index (χ2v) is 7.46. The average Bonchev–Trinajstić information content (AvgIpc) is 2.83. The van der Waals surface area contributed by atoms with Crippen molar-refractivity contribution in [1.82, 2.24) is 16.2 Å². The molecule has 1 aliphatic carbocycles. The molecular formula is C26H49N3O3. The van der Waals surface area contributed by atoms with Crippen LogP contribution < -0.4 is 16.2 Å². The van der Waals surface area contributed by atoms with E-state index in [2.05, 4.69) is 41.3 Å².